The van der Waals surface area contributed by atoms with Crippen molar-refractivity contribution in [2.24, 2.45) is 0 Å². The molecule has 1 rings (SSSR count). The monoisotopic (exact) mass is 378 g/mol. The molecular weight excluding hydrogens is 344 g/mol. The van der Waals surface area contributed by atoms with Crippen LogP contribution in [-0.2, 0) is 10.1 Å². The second kappa shape index (κ2) is 12.0. The molecule has 1 aliphatic rings. The predicted octanol–water partition coefficient (Wildman–Crippen LogP) is 4.14. The highest BCUT2D eigenvalue weighted by atomic mass is 32.2. The number of hydrogen-bond donors (Lipinski definition) is 1. The van der Waals surface area contributed by atoms with E-state index in [1.54, 1.807) is 11.8 Å². The summed E-state index contributed by atoms with van der Waals surface area (Å²) in [6, 6.07) is 0. The van der Waals surface area contributed by atoms with Crippen LogP contribution in [0, 0.1) is 0 Å². The molecule has 0 aliphatic carbocycles. The Kier molecular flexibility index (Phi) is 10.9. The molecule has 0 aromatic carbocycles. The first-order valence-corrected chi connectivity index (χ1v) is 11.9. The highest BCUT2D eigenvalue weighted by Gasteiger charge is 2.25. The summed E-state index contributed by atoms with van der Waals surface area (Å²) >= 11 is 1.77. The molecule has 1 unspecified atom stereocenters. The molecule has 1 N–H and O–H groups in total. The SMILES string of the molecule is CCCCCCCCN1C=CN(CCC)C1SCCCS(=O)(=O)O. The molecule has 1 heterocycles. The highest BCUT2D eigenvalue weighted by molar-refractivity contribution is 7.99. The maximum atomic E-state index is 10.8. The van der Waals surface area contributed by atoms with E-state index in [4.69, 9.17) is 4.55 Å². The molecule has 0 spiro atoms. The maximum absolute atomic E-state index is 10.8. The van der Waals surface area contributed by atoms with Crippen molar-refractivity contribution < 1.29 is 13.0 Å². The van der Waals surface area contributed by atoms with Crippen molar-refractivity contribution in [2.75, 3.05) is 24.6 Å². The summed E-state index contributed by atoms with van der Waals surface area (Å²) in [5.41, 5.74) is 0.266. The summed E-state index contributed by atoms with van der Waals surface area (Å²) in [6.07, 6.45) is 13.7. The van der Waals surface area contributed by atoms with Crippen LogP contribution in [0.3, 0.4) is 0 Å². The molecule has 0 saturated carbocycles. The molecule has 0 fully saturated rings. The third kappa shape index (κ3) is 9.18. The molecular formula is C17H34N2O3S2. The summed E-state index contributed by atoms with van der Waals surface area (Å²) in [5, 5.41) is 0. The van der Waals surface area contributed by atoms with Crippen molar-refractivity contribution in [3.05, 3.63) is 12.4 Å². The van der Waals surface area contributed by atoms with Gasteiger partial charge in [-0.2, -0.15) is 8.42 Å². The predicted molar refractivity (Wildman–Crippen MR) is 103 cm³/mol. The second-order valence-electron chi connectivity index (χ2n) is 6.38. The molecule has 0 saturated heterocycles. The molecule has 1 aliphatic heterocycles. The summed E-state index contributed by atoms with van der Waals surface area (Å²) in [7, 11) is -3.84. The van der Waals surface area contributed by atoms with E-state index >= 15 is 0 Å². The fourth-order valence-corrected chi connectivity index (χ4v) is 4.78. The minimum atomic E-state index is -3.84. The van der Waals surface area contributed by atoms with Gasteiger partial charge in [0.25, 0.3) is 10.1 Å². The normalized spacial score (nSPS) is 17.9. The van der Waals surface area contributed by atoms with Crippen LogP contribution in [0.5, 0.6) is 0 Å². The highest BCUT2D eigenvalue weighted by Crippen LogP contribution is 2.27. The molecule has 5 nitrogen and oxygen atoms in total. The van der Waals surface area contributed by atoms with Crippen LogP contribution in [0.25, 0.3) is 0 Å². The molecule has 1 atom stereocenters. The Bertz CT molecular complexity index is 455. The van der Waals surface area contributed by atoms with Gasteiger partial charge in [-0.05, 0) is 25.0 Å². The average Bonchev–Trinajstić information content (AvgIpc) is 2.89. The quantitative estimate of drug-likeness (QED) is 0.362. The van der Waals surface area contributed by atoms with Gasteiger partial charge in [-0.1, -0.05) is 46.0 Å². The molecule has 0 amide bonds. The summed E-state index contributed by atoms with van der Waals surface area (Å²) in [6.45, 7) is 6.48. The lowest BCUT2D eigenvalue weighted by Crippen LogP contribution is -2.37. The number of thioether (sulfide) groups is 1. The molecule has 0 radical (unpaired) electrons. The van der Waals surface area contributed by atoms with E-state index in [2.05, 4.69) is 36.0 Å². The van der Waals surface area contributed by atoms with Gasteiger partial charge in [-0.15, -0.1) is 11.8 Å². The third-order valence-electron chi connectivity index (χ3n) is 4.08. The molecule has 24 heavy (non-hydrogen) atoms. The smallest absolute Gasteiger partial charge is 0.264 e. The van der Waals surface area contributed by atoms with Gasteiger partial charge in [-0.3, -0.25) is 4.55 Å². The van der Waals surface area contributed by atoms with E-state index in [1.807, 2.05) is 0 Å². The Balaban J connectivity index is 2.34. The number of unbranched alkanes of at least 4 members (excludes halogenated alkanes) is 5. The van der Waals surface area contributed by atoms with Crippen molar-refractivity contribution in [3.8, 4) is 0 Å². The van der Waals surface area contributed by atoms with Crippen LogP contribution >= 0.6 is 11.8 Å². The van der Waals surface area contributed by atoms with Gasteiger partial charge in [0.1, 0.15) is 5.50 Å². The van der Waals surface area contributed by atoms with Crippen LogP contribution < -0.4 is 0 Å². The molecule has 0 bridgehead atoms. The molecule has 0 aromatic rings. The van der Waals surface area contributed by atoms with Crippen LogP contribution in [0.15, 0.2) is 12.4 Å². The molecule has 0 aromatic heterocycles. The fourth-order valence-electron chi connectivity index (χ4n) is 2.83. The van der Waals surface area contributed by atoms with E-state index in [0.29, 0.717) is 6.42 Å². The van der Waals surface area contributed by atoms with Crippen molar-refractivity contribution >= 4 is 21.9 Å². The first kappa shape index (κ1) is 21.6. The van der Waals surface area contributed by atoms with E-state index < -0.39 is 10.1 Å². The van der Waals surface area contributed by atoms with Crippen molar-refractivity contribution in [3.63, 3.8) is 0 Å². The minimum absolute atomic E-state index is 0.147. The van der Waals surface area contributed by atoms with Gasteiger partial charge < -0.3 is 9.80 Å². The first-order chi connectivity index (χ1) is 11.5. The Morgan fingerprint density at radius 2 is 1.54 bits per heavy atom. The zero-order valence-corrected chi connectivity index (χ0v) is 16.8. The van der Waals surface area contributed by atoms with Crippen LogP contribution in [0.4, 0.5) is 0 Å². The number of nitrogens with zero attached hydrogens (tertiary/aromatic N) is 2. The van der Waals surface area contributed by atoms with E-state index in [0.717, 1.165) is 25.3 Å². The van der Waals surface area contributed by atoms with Crippen molar-refractivity contribution in [1.82, 2.24) is 9.80 Å². The number of hydrogen-bond acceptors (Lipinski definition) is 5. The zero-order valence-electron chi connectivity index (χ0n) is 15.2. The summed E-state index contributed by atoms with van der Waals surface area (Å²) < 4.78 is 30.5. The molecule has 142 valence electrons. The van der Waals surface area contributed by atoms with Gasteiger partial charge >= 0.3 is 0 Å². The van der Waals surface area contributed by atoms with Crippen LogP contribution in [0.2, 0.25) is 0 Å². The van der Waals surface area contributed by atoms with Crippen molar-refractivity contribution in [1.29, 1.82) is 0 Å². The third-order valence-corrected chi connectivity index (χ3v) is 6.25. The van der Waals surface area contributed by atoms with Gasteiger partial charge in [0.05, 0.1) is 5.75 Å². The van der Waals surface area contributed by atoms with Gasteiger partial charge in [0.15, 0.2) is 0 Å². The van der Waals surface area contributed by atoms with Crippen LogP contribution in [-0.4, -0.2) is 52.9 Å². The Morgan fingerprint density at radius 3 is 2.17 bits per heavy atom. The number of rotatable bonds is 14. The van der Waals surface area contributed by atoms with Crippen LogP contribution in [0.1, 0.15) is 65.2 Å². The largest absolute Gasteiger partial charge is 0.348 e. The Labute approximate surface area is 152 Å². The van der Waals surface area contributed by atoms with Gasteiger partial charge in [0, 0.05) is 25.5 Å². The summed E-state index contributed by atoms with van der Waals surface area (Å²) in [5.74, 6) is 0.588. The maximum Gasteiger partial charge on any atom is 0.264 e. The standard InChI is InChI=1S/C17H34N2O3S2/c1-3-5-6-7-8-9-12-19-14-13-18(11-4-2)17(19)23-15-10-16-24(20,21)22/h13-14,17H,3-12,15-16H2,1-2H3,(H,20,21,22). The fraction of sp³-hybridized carbons (Fsp3) is 0.882. The van der Waals surface area contributed by atoms with Gasteiger partial charge in [0.2, 0.25) is 0 Å². The van der Waals surface area contributed by atoms with Crippen molar-refractivity contribution in [2.45, 2.75) is 70.7 Å². The first-order valence-electron chi connectivity index (χ1n) is 9.24. The lowest BCUT2D eigenvalue weighted by atomic mass is 10.1. The lowest BCUT2D eigenvalue weighted by molar-refractivity contribution is 0.229. The lowest BCUT2D eigenvalue weighted by Gasteiger charge is -2.32. The Morgan fingerprint density at radius 1 is 0.917 bits per heavy atom. The Hall–Kier alpha value is -0.400. The van der Waals surface area contributed by atoms with E-state index in [-0.39, 0.29) is 11.3 Å². The topological polar surface area (TPSA) is 60.9 Å². The summed E-state index contributed by atoms with van der Waals surface area (Å²) in [4.78, 5) is 4.70. The minimum Gasteiger partial charge on any atom is -0.348 e. The average molecular weight is 379 g/mol. The second-order valence-corrected chi connectivity index (χ2v) is 9.11. The van der Waals surface area contributed by atoms with E-state index in [9.17, 15) is 8.42 Å². The molecule has 7 heteroatoms. The van der Waals surface area contributed by atoms with E-state index in [1.165, 1.54) is 38.5 Å². The van der Waals surface area contributed by atoms with Gasteiger partial charge in [-0.25, -0.2) is 0 Å². The zero-order chi connectivity index (χ0) is 17.8.